The van der Waals surface area contributed by atoms with Crippen molar-refractivity contribution in [1.82, 2.24) is 0 Å². The summed E-state index contributed by atoms with van der Waals surface area (Å²) < 4.78 is 0. The molecule has 144 valence electrons. The minimum absolute atomic E-state index is 0.0258. The summed E-state index contributed by atoms with van der Waals surface area (Å²) in [5, 5.41) is 15.5. The molecule has 1 aliphatic heterocycles. The maximum absolute atomic E-state index is 13.0. The number of nitro benzene ring substituents is 1. The molecule has 6 nitrogen and oxygen atoms in total. The van der Waals surface area contributed by atoms with Crippen molar-refractivity contribution in [1.29, 1.82) is 0 Å². The lowest BCUT2D eigenvalue weighted by Crippen LogP contribution is -2.30. The van der Waals surface area contributed by atoms with Gasteiger partial charge in [0.05, 0.1) is 17.1 Å². The van der Waals surface area contributed by atoms with E-state index in [-0.39, 0.29) is 17.9 Å². The Hall–Kier alpha value is -3.80. The topological polar surface area (TPSA) is 81.8 Å². The van der Waals surface area contributed by atoms with Crippen molar-refractivity contribution in [2.45, 2.75) is 18.4 Å². The molecule has 4 rings (SSSR count). The zero-order chi connectivity index (χ0) is 20.3. The van der Waals surface area contributed by atoms with Gasteiger partial charge in [-0.15, -0.1) is 0 Å². The summed E-state index contributed by atoms with van der Waals surface area (Å²) in [5.74, 6) is -0.110. The van der Waals surface area contributed by atoms with Crippen molar-refractivity contribution in [3.05, 3.63) is 112 Å². The Morgan fingerprint density at radius 3 is 2.38 bits per heavy atom. The summed E-state index contributed by atoms with van der Waals surface area (Å²) in [6, 6.07) is 24.7. The van der Waals surface area contributed by atoms with Crippen LogP contribution in [0.2, 0.25) is 0 Å². The van der Waals surface area contributed by atoms with Gasteiger partial charge in [0.15, 0.2) is 11.4 Å². The van der Waals surface area contributed by atoms with Crippen LogP contribution in [0.3, 0.4) is 0 Å². The van der Waals surface area contributed by atoms with Gasteiger partial charge in [-0.3, -0.25) is 14.9 Å². The average molecular weight is 386 g/mol. The Labute approximate surface area is 167 Å². The molecule has 6 heteroatoms. The van der Waals surface area contributed by atoms with Crippen molar-refractivity contribution in [3.8, 4) is 0 Å². The van der Waals surface area contributed by atoms with Crippen LogP contribution in [-0.4, -0.2) is 16.4 Å². The molecule has 0 fully saturated rings. The summed E-state index contributed by atoms with van der Waals surface area (Å²) in [6.45, 7) is 0. The number of ketones is 1. The minimum atomic E-state index is -1.09. The number of oxime groups is 1. The summed E-state index contributed by atoms with van der Waals surface area (Å²) in [6.07, 6.45) is 0.370. The lowest BCUT2D eigenvalue weighted by Gasteiger charge is -2.26. The van der Waals surface area contributed by atoms with E-state index in [2.05, 4.69) is 5.16 Å². The van der Waals surface area contributed by atoms with E-state index in [1.165, 1.54) is 12.1 Å². The fraction of sp³-hybridized carbons (Fsp3) is 0.130. The quantitative estimate of drug-likeness (QED) is 0.343. The van der Waals surface area contributed by atoms with Crippen molar-refractivity contribution in [2.24, 2.45) is 5.16 Å². The van der Waals surface area contributed by atoms with Gasteiger partial charge in [-0.2, -0.15) is 0 Å². The number of nitrogens with zero attached hydrogens (tertiary/aromatic N) is 2. The highest BCUT2D eigenvalue weighted by Gasteiger charge is 2.44. The van der Waals surface area contributed by atoms with E-state index in [0.29, 0.717) is 23.3 Å². The molecule has 0 saturated heterocycles. The van der Waals surface area contributed by atoms with Crippen LogP contribution >= 0.6 is 0 Å². The van der Waals surface area contributed by atoms with E-state index in [1.54, 1.807) is 36.4 Å². The van der Waals surface area contributed by atoms with E-state index in [4.69, 9.17) is 4.84 Å². The third-order valence-corrected chi connectivity index (χ3v) is 5.02. The summed E-state index contributed by atoms with van der Waals surface area (Å²) in [5.41, 5.74) is 1.58. The van der Waals surface area contributed by atoms with Gasteiger partial charge >= 0.3 is 0 Å². The SMILES string of the molecule is O=C(CC1(c2cccc([N+](=O)[O-])c2)CC(c2ccccc2)=NO1)c1ccccc1. The van der Waals surface area contributed by atoms with Crippen molar-refractivity contribution in [3.63, 3.8) is 0 Å². The molecule has 0 aromatic heterocycles. The Kier molecular flexibility index (Phi) is 4.91. The first-order chi connectivity index (χ1) is 14.1. The highest BCUT2D eigenvalue weighted by molar-refractivity contribution is 6.03. The fourth-order valence-electron chi connectivity index (χ4n) is 3.50. The Bertz CT molecular complexity index is 1080. The molecule has 0 amide bonds. The fourth-order valence-corrected chi connectivity index (χ4v) is 3.50. The molecule has 0 radical (unpaired) electrons. The highest BCUT2D eigenvalue weighted by atomic mass is 16.7. The standard InChI is InChI=1S/C23H18N2O4/c26-22(18-10-5-2-6-11-18)16-23(19-12-7-13-20(14-19)25(27)28)15-21(24-29-23)17-8-3-1-4-9-17/h1-14H,15-16H2. The molecule has 29 heavy (non-hydrogen) atoms. The molecule has 3 aromatic carbocycles. The van der Waals surface area contributed by atoms with Gasteiger partial charge < -0.3 is 4.84 Å². The highest BCUT2D eigenvalue weighted by Crippen LogP contribution is 2.41. The molecule has 1 atom stereocenters. The van der Waals surface area contributed by atoms with Crippen LogP contribution in [0.1, 0.15) is 34.3 Å². The number of rotatable bonds is 6. The maximum Gasteiger partial charge on any atom is 0.269 e. The van der Waals surface area contributed by atoms with Gasteiger partial charge in [0.1, 0.15) is 0 Å². The smallest absolute Gasteiger partial charge is 0.269 e. The van der Waals surface area contributed by atoms with Gasteiger partial charge in [0, 0.05) is 29.7 Å². The Morgan fingerprint density at radius 1 is 1.00 bits per heavy atom. The lowest BCUT2D eigenvalue weighted by molar-refractivity contribution is -0.385. The monoisotopic (exact) mass is 386 g/mol. The van der Waals surface area contributed by atoms with Crippen LogP contribution in [0.25, 0.3) is 0 Å². The maximum atomic E-state index is 13.0. The molecular formula is C23H18N2O4. The molecule has 0 N–H and O–H groups in total. The van der Waals surface area contributed by atoms with Gasteiger partial charge in [-0.05, 0) is 5.56 Å². The van der Waals surface area contributed by atoms with Crippen molar-refractivity contribution < 1.29 is 14.6 Å². The predicted molar refractivity (Wildman–Crippen MR) is 109 cm³/mol. The first-order valence-corrected chi connectivity index (χ1v) is 9.21. The molecule has 0 saturated carbocycles. The number of benzene rings is 3. The summed E-state index contributed by atoms with van der Waals surface area (Å²) >= 11 is 0. The van der Waals surface area contributed by atoms with Crippen LogP contribution in [-0.2, 0) is 10.4 Å². The second kappa shape index (κ2) is 7.67. The molecule has 0 spiro atoms. The molecule has 1 heterocycles. The predicted octanol–water partition coefficient (Wildman–Crippen LogP) is 4.89. The number of hydrogen-bond acceptors (Lipinski definition) is 5. The van der Waals surface area contributed by atoms with Crippen LogP contribution in [0.5, 0.6) is 0 Å². The van der Waals surface area contributed by atoms with E-state index < -0.39 is 10.5 Å². The zero-order valence-corrected chi connectivity index (χ0v) is 15.5. The van der Waals surface area contributed by atoms with Crippen LogP contribution in [0.15, 0.2) is 90.1 Å². The third kappa shape index (κ3) is 3.78. The molecule has 0 bridgehead atoms. The molecule has 0 aliphatic carbocycles. The second-order valence-electron chi connectivity index (χ2n) is 6.94. The minimum Gasteiger partial charge on any atom is -0.383 e. The first-order valence-electron chi connectivity index (χ1n) is 9.21. The summed E-state index contributed by atoms with van der Waals surface area (Å²) in [4.78, 5) is 29.7. The number of carbonyl (C=O) groups excluding carboxylic acids is 1. The molecule has 1 aliphatic rings. The van der Waals surface area contributed by atoms with Gasteiger partial charge in [0.2, 0.25) is 0 Å². The van der Waals surface area contributed by atoms with Gasteiger partial charge in [0.25, 0.3) is 5.69 Å². The van der Waals surface area contributed by atoms with Crippen molar-refractivity contribution in [2.75, 3.05) is 0 Å². The van der Waals surface area contributed by atoms with Crippen LogP contribution < -0.4 is 0 Å². The first kappa shape index (κ1) is 18.6. The number of carbonyl (C=O) groups is 1. The molecule has 3 aromatic rings. The zero-order valence-electron chi connectivity index (χ0n) is 15.5. The number of nitro groups is 1. The molecular weight excluding hydrogens is 368 g/mol. The van der Waals surface area contributed by atoms with Crippen molar-refractivity contribution >= 4 is 17.2 Å². The Morgan fingerprint density at radius 2 is 1.69 bits per heavy atom. The number of non-ortho nitro benzene ring substituents is 1. The molecule has 1 unspecified atom stereocenters. The van der Waals surface area contributed by atoms with E-state index in [9.17, 15) is 14.9 Å². The normalized spacial score (nSPS) is 18.0. The van der Waals surface area contributed by atoms with E-state index in [0.717, 1.165) is 5.56 Å². The lowest BCUT2D eigenvalue weighted by atomic mass is 9.82. The summed E-state index contributed by atoms with van der Waals surface area (Å²) in [7, 11) is 0. The third-order valence-electron chi connectivity index (χ3n) is 5.02. The van der Waals surface area contributed by atoms with E-state index in [1.807, 2.05) is 36.4 Å². The van der Waals surface area contributed by atoms with Gasteiger partial charge in [-0.25, -0.2) is 0 Å². The van der Waals surface area contributed by atoms with Gasteiger partial charge in [-0.1, -0.05) is 78.0 Å². The van der Waals surface area contributed by atoms with E-state index >= 15 is 0 Å². The van der Waals surface area contributed by atoms with Crippen LogP contribution in [0, 0.1) is 10.1 Å². The largest absolute Gasteiger partial charge is 0.383 e. The second-order valence-corrected chi connectivity index (χ2v) is 6.94. The average Bonchev–Trinajstić information content (AvgIpc) is 3.20. The van der Waals surface area contributed by atoms with Crippen LogP contribution in [0.4, 0.5) is 5.69 Å². The Balaban J connectivity index is 1.71. The number of hydrogen-bond donors (Lipinski definition) is 0. The number of Topliss-reactive ketones (excluding diaryl/α,β-unsaturated/α-hetero) is 1.